The third-order valence-corrected chi connectivity index (χ3v) is 8.10. The second-order valence-electron chi connectivity index (χ2n) is 7.80. The first kappa shape index (κ1) is 25.8. The number of sulfonamides is 1. The van der Waals surface area contributed by atoms with Gasteiger partial charge in [-0.05, 0) is 48.7 Å². The summed E-state index contributed by atoms with van der Waals surface area (Å²) in [6.07, 6.45) is 0.629. The Bertz CT molecular complexity index is 1210. The molecule has 0 aromatic heterocycles. The molecule has 5 nitrogen and oxygen atoms in total. The van der Waals surface area contributed by atoms with Crippen molar-refractivity contribution in [2.75, 3.05) is 23.1 Å². The van der Waals surface area contributed by atoms with E-state index in [1.165, 1.54) is 22.1 Å². The Morgan fingerprint density at radius 3 is 2.29 bits per heavy atom. The van der Waals surface area contributed by atoms with Gasteiger partial charge in [0, 0.05) is 18.1 Å². The van der Waals surface area contributed by atoms with Crippen LogP contribution in [0.1, 0.15) is 23.6 Å². The maximum absolute atomic E-state index is 13.7. The first-order valence-corrected chi connectivity index (χ1v) is 13.7. The molecule has 0 aliphatic carbocycles. The van der Waals surface area contributed by atoms with Crippen molar-refractivity contribution in [2.45, 2.75) is 30.9 Å². The van der Waals surface area contributed by atoms with Gasteiger partial charge < -0.3 is 5.32 Å². The third kappa shape index (κ3) is 6.61. The number of carbonyl (C=O) groups is 1. The molecule has 0 saturated carbocycles. The van der Waals surface area contributed by atoms with E-state index in [0.717, 1.165) is 11.1 Å². The molecule has 0 radical (unpaired) electrons. The first-order valence-electron chi connectivity index (χ1n) is 11.1. The van der Waals surface area contributed by atoms with E-state index >= 15 is 0 Å². The summed E-state index contributed by atoms with van der Waals surface area (Å²) in [6, 6.07) is 20.4. The van der Waals surface area contributed by atoms with Crippen LogP contribution in [0.15, 0.2) is 77.7 Å². The minimum atomic E-state index is -3.95. The largest absolute Gasteiger partial charge is 0.354 e. The normalized spacial score (nSPS) is 11.3. The van der Waals surface area contributed by atoms with Crippen LogP contribution in [0.5, 0.6) is 0 Å². The number of rotatable bonds is 11. The molecular weight excluding hydrogens is 471 g/mol. The number of hydrogen-bond donors (Lipinski definition) is 1. The van der Waals surface area contributed by atoms with Crippen molar-refractivity contribution < 1.29 is 17.6 Å². The van der Waals surface area contributed by atoms with Crippen molar-refractivity contribution in [1.29, 1.82) is 0 Å². The van der Waals surface area contributed by atoms with Crippen LogP contribution in [0.3, 0.4) is 0 Å². The molecule has 1 N–H and O–H groups in total. The summed E-state index contributed by atoms with van der Waals surface area (Å²) in [6.45, 7) is 3.86. The van der Waals surface area contributed by atoms with Crippen molar-refractivity contribution in [3.05, 3.63) is 95.3 Å². The molecule has 34 heavy (non-hydrogen) atoms. The fraction of sp³-hybridized carbons (Fsp3) is 0.269. The Morgan fingerprint density at radius 2 is 1.62 bits per heavy atom. The number of hydrogen-bond acceptors (Lipinski definition) is 4. The Hall–Kier alpha value is -2.84. The van der Waals surface area contributed by atoms with Crippen LogP contribution in [-0.2, 0) is 27.0 Å². The third-order valence-electron chi connectivity index (χ3n) is 5.32. The maximum Gasteiger partial charge on any atom is 0.264 e. The fourth-order valence-electron chi connectivity index (χ4n) is 3.44. The Morgan fingerprint density at radius 1 is 0.971 bits per heavy atom. The van der Waals surface area contributed by atoms with E-state index in [4.69, 9.17) is 0 Å². The van der Waals surface area contributed by atoms with E-state index in [1.54, 1.807) is 54.6 Å². The van der Waals surface area contributed by atoms with Gasteiger partial charge in [-0.15, -0.1) is 0 Å². The number of para-hydroxylation sites is 1. The molecule has 0 spiro atoms. The Balaban J connectivity index is 1.69. The summed E-state index contributed by atoms with van der Waals surface area (Å²) in [4.78, 5) is 12.9. The summed E-state index contributed by atoms with van der Waals surface area (Å²) < 4.78 is 41.9. The van der Waals surface area contributed by atoms with Gasteiger partial charge >= 0.3 is 0 Å². The van der Waals surface area contributed by atoms with Crippen LogP contribution in [0.25, 0.3) is 0 Å². The number of thioether (sulfide) groups is 1. The molecule has 8 heteroatoms. The molecule has 1 amide bonds. The molecule has 3 aromatic carbocycles. The number of aryl methyl sites for hydroxylation is 2. The average Bonchev–Trinajstić information content (AvgIpc) is 2.83. The number of carbonyl (C=O) groups excluding carboxylic acids is 1. The van der Waals surface area contributed by atoms with Gasteiger partial charge in [-0.1, -0.05) is 61.0 Å². The van der Waals surface area contributed by atoms with Crippen molar-refractivity contribution in [3.63, 3.8) is 0 Å². The monoisotopic (exact) mass is 500 g/mol. The smallest absolute Gasteiger partial charge is 0.264 e. The fourth-order valence-corrected chi connectivity index (χ4v) is 5.74. The highest BCUT2D eigenvalue weighted by molar-refractivity contribution is 7.98. The lowest BCUT2D eigenvalue weighted by molar-refractivity contribution is -0.119. The zero-order chi connectivity index (χ0) is 24.6. The van der Waals surface area contributed by atoms with Gasteiger partial charge in [-0.2, -0.15) is 11.8 Å². The molecule has 3 aromatic rings. The van der Waals surface area contributed by atoms with E-state index < -0.39 is 15.9 Å². The second kappa shape index (κ2) is 12.0. The Labute approximate surface area is 205 Å². The second-order valence-corrected chi connectivity index (χ2v) is 10.8. The summed E-state index contributed by atoms with van der Waals surface area (Å²) >= 11 is 1.50. The number of amides is 1. The lowest BCUT2D eigenvalue weighted by Gasteiger charge is -2.26. The molecule has 0 heterocycles. The summed E-state index contributed by atoms with van der Waals surface area (Å²) in [5, 5.41) is 2.79. The van der Waals surface area contributed by atoms with E-state index in [2.05, 4.69) is 5.32 Å². The van der Waals surface area contributed by atoms with Gasteiger partial charge in [0.15, 0.2) is 0 Å². The van der Waals surface area contributed by atoms with Crippen LogP contribution in [0.2, 0.25) is 0 Å². The number of halogens is 1. The zero-order valence-corrected chi connectivity index (χ0v) is 21.0. The molecule has 0 unspecified atom stereocenters. The highest BCUT2D eigenvalue weighted by atomic mass is 32.2. The SMILES string of the molecule is CCc1ccccc1N(CC(=O)NCCSCc1ccccc1F)S(=O)(=O)c1ccc(C)cc1. The lowest BCUT2D eigenvalue weighted by atomic mass is 10.1. The lowest BCUT2D eigenvalue weighted by Crippen LogP contribution is -2.41. The van der Waals surface area contributed by atoms with E-state index in [9.17, 15) is 17.6 Å². The molecule has 0 aliphatic rings. The molecule has 3 rings (SSSR count). The van der Waals surface area contributed by atoms with Gasteiger partial charge in [-0.25, -0.2) is 12.8 Å². The molecule has 180 valence electrons. The zero-order valence-electron chi connectivity index (χ0n) is 19.3. The van der Waals surface area contributed by atoms with Crippen molar-refractivity contribution in [2.24, 2.45) is 0 Å². The summed E-state index contributed by atoms with van der Waals surface area (Å²) in [7, 11) is -3.95. The Kier molecular flexibility index (Phi) is 9.12. The van der Waals surface area contributed by atoms with Gasteiger partial charge in [0.05, 0.1) is 10.6 Å². The molecule has 0 atom stereocenters. The van der Waals surface area contributed by atoms with Crippen LogP contribution in [0, 0.1) is 12.7 Å². The topological polar surface area (TPSA) is 66.5 Å². The van der Waals surface area contributed by atoms with Gasteiger partial charge in [0.2, 0.25) is 5.91 Å². The van der Waals surface area contributed by atoms with Crippen LogP contribution in [0.4, 0.5) is 10.1 Å². The number of benzene rings is 3. The van der Waals surface area contributed by atoms with Gasteiger partial charge in [0.25, 0.3) is 10.0 Å². The standard InChI is InChI=1S/C26H29FN2O3S2/c1-3-21-8-5-7-11-25(21)29(34(31,32)23-14-12-20(2)13-15-23)18-26(30)28-16-17-33-19-22-9-4-6-10-24(22)27/h4-15H,3,16-19H2,1-2H3,(H,28,30). The quantitative estimate of drug-likeness (QED) is 0.379. The summed E-state index contributed by atoms with van der Waals surface area (Å²) in [5.41, 5.74) is 2.90. The molecule has 0 fully saturated rings. The number of nitrogens with one attached hydrogen (secondary N) is 1. The molecule has 0 bridgehead atoms. The predicted molar refractivity (Wildman–Crippen MR) is 137 cm³/mol. The highest BCUT2D eigenvalue weighted by Crippen LogP contribution is 2.27. The molecule has 0 saturated heterocycles. The van der Waals surface area contributed by atoms with Crippen LogP contribution in [-0.4, -0.2) is 33.2 Å². The molecular formula is C26H29FN2O3S2. The van der Waals surface area contributed by atoms with Crippen molar-refractivity contribution in [3.8, 4) is 0 Å². The average molecular weight is 501 g/mol. The van der Waals surface area contributed by atoms with Crippen molar-refractivity contribution in [1.82, 2.24) is 5.32 Å². The number of nitrogens with zero attached hydrogens (tertiary/aromatic N) is 1. The molecule has 0 aliphatic heterocycles. The van der Waals surface area contributed by atoms with Gasteiger partial charge in [-0.3, -0.25) is 9.10 Å². The minimum absolute atomic E-state index is 0.136. The first-order chi connectivity index (χ1) is 16.3. The van der Waals surface area contributed by atoms with E-state index in [1.807, 2.05) is 26.0 Å². The highest BCUT2D eigenvalue weighted by Gasteiger charge is 2.28. The minimum Gasteiger partial charge on any atom is -0.354 e. The summed E-state index contributed by atoms with van der Waals surface area (Å²) in [5.74, 6) is 0.440. The van der Waals surface area contributed by atoms with E-state index in [0.29, 0.717) is 35.7 Å². The van der Waals surface area contributed by atoms with Gasteiger partial charge in [0.1, 0.15) is 12.4 Å². The van der Waals surface area contributed by atoms with Crippen LogP contribution < -0.4 is 9.62 Å². The van der Waals surface area contributed by atoms with Crippen LogP contribution >= 0.6 is 11.8 Å². The van der Waals surface area contributed by atoms with Crippen molar-refractivity contribution >= 4 is 33.4 Å². The maximum atomic E-state index is 13.7. The predicted octanol–water partition coefficient (Wildman–Crippen LogP) is 4.94. The number of anilines is 1. The van der Waals surface area contributed by atoms with E-state index in [-0.39, 0.29) is 17.3 Å².